The molecule has 9 nitrogen and oxygen atoms in total. The zero-order chi connectivity index (χ0) is 17.4. The zero-order valence-electron chi connectivity index (χ0n) is 14.3. The molecule has 1 aliphatic heterocycles. The van der Waals surface area contributed by atoms with Crippen molar-refractivity contribution in [3.05, 3.63) is 24.4 Å². The number of ether oxygens (including phenoxy) is 1. The number of aromatic nitrogens is 6. The Morgan fingerprint density at radius 2 is 1.84 bits per heavy atom. The number of morpholine rings is 1. The summed E-state index contributed by atoms with van der Waals surface area (Å²) in [6.45, 7) is 7.04. The lowest BCUT2D eigenvalue weighted by molar-refractivity contribution is 0.122. The number of nitrogens with two attached hydrogens (primary N) is 1. The van der Waals surface area contributed by atoms with Crippen molar-refractivity contribution in [3.8, 4) is 11.3 Å². The molecule has 3 aromatic rings. The summed E-state index contributed by atoms with van der Waals surface area (Å²) in [5.41, 5.74) is 7.86. The largest absolute Gasteiger partial charge is 0.378 e. The second-order valence-electron chi connectivity index (χ2n) is 6.27. The lowest BCUT2D eigenvalue weighted by Crippen LogP contribution is -2.37. The molecule has 25 heavy (non-hydrogen) atoms. The van der Waals surface area contributed by atoms with E-state index in [1.165, 1.54) is 0 Å². The van der Waals surface area contributed by atoms with Gasteiger partial charge < -0.3 is 15.4 Å². The van der Waals surface area contributed by atoms with Gasteiger partial charge in [-0.1, -0.05) is 13.8 Å². The lowest BCUT2D eigenvalue weighted by Gasteiger charge is -2.28. The summed E-state index contributed by atoms with van der Waals surface area (Å²) in [6.07, 6.45) is 5.19. The minimum atomic E-state index is 0.237. The number of hydrogen-bond donors (Lipinski definition) is 1. The van der Waals surface area contributed by atoms with Crippen LogP contribution in [-0.2, 0) is 4.74 Å². The third kappa shape index (κ3) is 2.98. The SMILES string of the molecule is CC(C)c1nc2c(N3CCOCC3)nc(-c3cnc(N)nc3)cn2n1. The monoisotopic (exact) mass is 340 g/mol. The minimum absolute atomic E-state index is 0.237. The first kappa shape index (κ1) is 15.7. The molecule has 0 aliphatic carbocycles. The van der Waals surface area contributed by atoms with Crippen LogP contribution in [0.4, 0.5) is 11.8 Å². The van der Waals surface area contributed by atoms with Crippen molar-refractivity contribution in [3.63, 3.8) is 0 Å². The second-order valence-corrected chi connectivity index (χ2v) is 6.27. The summed E-state index contributed by atoms with van der Waals surface area (Å²) < 4.78 is 7.25. The quantitative estimate of drug-likeness (QED) is 0.756. The molecule has 1 aliphatic rings. The molecule has 0 saturated carbocycles. The van der Waals surface area contributed by atoms with Gasteiger partial charge in [0.1, 0.15) is 0 Å². The third-order valence-corrected chi connectivity index (χ3v) is 4.11. The Morgan fingerprint density at radius 1 is 1.12 bits per heavy atom. The van der Waals surface area contributed by atoms with Gasteiger partial charge in [-0.3, -0.25) is 0 Å². The molecule has 1 saturated heterocycles. The first-order valence-electron chi connectivity index (χ1n) is 8.29. The van der Waals surface area contributed by atoms with Gasteiger partial charge in [0.25, 0.3) is 0 Å². The highest BCUT2D eigenvalue weighted by atomic mass is 16.5. The van der Waals surface area contributed by atoms with E-state index in [-0.39, 0.29) is 11.9 Å². The predicted molar refractivity (Wildman–Crippen MR) is 93.3 cm³/mol. The van der Waals surface area contributed by atoms with Gasteiger partial charge in [-0.15, -0.1) is 0 Å². The average Bonchev–Trinajstić information content (AvgIpc) is 3.07. The Labute approximate surface area is 144 Å². The third-order valence-electron chi connectivity index (χ3n) is 4.11. The first-order valence-corrected chi connectivity index (χ1v) is 8.29. The van der Waals surface area contributed by atoms with E-state index in [2.05, 4.69) is 33.8 Å². The van der Waals surface area contributed by atoms with Crippen LogP contribution in [0.5, 0.6) is 0 Å². The Hall–Kier alpha value is -2.81. The Bertz CT molecular complexity index is 883. The van der Waals surface area contributed by atoms with Crippen LogP contribution in [0.2, 0.25) is 0 Å². The first-order chi connectivity index (χ1) is 12.1. The summed E-state index contributed by atoms with van der Waals surface area (Å²) in [6, 6.07) is 0. The fraction of sp³-hybridized carbons (Fsp3) is 0.438. The van der Waals surface area contributed by atoms with Gasteiger partial charge in [-0.05, 0) is 0 Å². The van der Waals surface area contributed by atoms with Crippen LogP contribution in [0.25, 0.3) is 16.9 Å². The highest BCUT2D eigenvalue weighted by Gasteiger charge is 2.21. The molecule has 0 unspecified atom stereocenters. The molecule has 0 atom stereocenters. The standard InChI is InChI=1S/C16H20N8O/c1-10(2)13-21-15-14(23-3-5-25-6-4-23)20-12(9-24(15)22-13)11-7-18-16(17)19-8-11/h7-10H,3-6H2,1-2H3,(H2,17,18,19). The maximum Gasteiger partial charge on any atom is 0.219 e. The Kier molecular flexibility index (Phi) is 3.92. The van der Waals surface area contributed by atoms with E-state index in [4.69, 9.17) is 20.4 Å². The van der Waals surface area contributed by atoms with E-state index in [1.54, 1.807) is 16.9 Å². The van der Waals surface area contributed by atoms with E-state index in [0.717, 1.165) is 41.6 Å². The summed E-state index contributed by atoms with van der Waals surface area (Å²) in [7, 11) is 0. The van der Waals surface area contributed by atoms with Crippen LogP contribution in [0, 0.1) is 0 Å². The summed E-state index contributed by atoms with van der Waals surface area (Å²) >= 11 is 0. The van der Waals surface area contributed by atoms with Gasteiger partial charge in [-0.25, -0.2) is 24.5 Å². The van der Waals surface area contributed by atoms with E-state index >= 15 is 0 Å². The van der Waals surface area contributed by atoms with Gasteiger partial charge in [0.05, 0.1) is 25.1 Å². The maximum atomic E-state index is 5.59. The van der Waals surface area contributed by atoms with Crippen LogP contribution in [0.3, 0.4) is 0 Å². The molecule has 1 fully saturated rings. The lowest BCUT2D eigenvalue weighted by atomic mass is 10.2. The van der Waals surface area contributed by atoms with Crippen molar-refractivity contribution in [2.75, 3.05) is 36.9 Å². The number of fused-ring (bicyclic) bond motifs is 1. The van der Waals surface area contributed by atoms with Crippen molar-refractivity contribution in [1.29, 1.82) is 0 Å². The van der Waals surface area contributed by atoms with Crippen LogP contribution in [0.1, 0.15) is 25.6 Å². The Balaban J connectivity index is 1.87. The molecule has 4 heterocycles. The fourth-order valence-corrected chi connectivity index (χ4v) is 2.73. The van der Waals surface area contributed by atoms with Crippen molar-refractivity contribution in [2.24, 2.45) is 0 Å². The van der Waals surface area contributed by atoms with E-state index in [9.17, 15) is 0 Å². The van der Waals surface area contributed by atoms with Gasteiger partial charge >= 0.3 is 0 Å². The van der Waals surface area contributed by atoms with Gasteiger partial charge in [-0.2, -0.15) is 5.10 Å². The van der Waals surface area contributed by atoms with E-state index in [1.807, 2.05) is 6.20 Å². The molecule has 9 heteroatoms. The number of hydrogen-bond acceptors (Lipinski definition) is 8. The van der Waals surface area contributed by atoms with Gasteiger partial charge in [0.15, 0.2) is 17.3 Å². The van der Waals surface area contributed by atoms with Crippen molar-refractivity contribution >= 4 is 17.4 Å². The normalized spacial score (nSPS) is 15.2. The highest BCUT2D eigenvalue weighted by Crippen LogP contribution is 2.25. The van der Waals surface area contributed by atoms with Gasteiger partial charge in [0, 0.05) is 37.0 Å². The summed E-state index contributed by atoms with van der Waals surface area (Å²) in [5.74, 6) is 2.07. The fourth-order valence-electron chi connectivity index (χ4n) is 2.73. The number of nitrogens with zero attached hydrogens (tertiary/aromatic N) is 7. The highest BCUT2D eigenvalue weighted by molar-refractivity contribution is 5.69. The summed E-state index contributed by atoms with van der Waals surface area (Å²) in [4.78, 5) is 19.8. The average molecular weight is 340 g/mol. The number of anilines is 2. The number of rotatable bonds is 3. The van der Waals surface area contributed by atoms with Crippen molar-refractivity contribution in [1.82, 2.24) is 29.5 Å². The van der Waals surface area contributed by atoms with Crippen LogP contribution < -0.4 is 10.6 Å². The van der Waals surface area contributed by atoms with Gasteiger partial charge in [0.2, 0.25) is 5.95 Å². The molecule has 0 spiro atoms. The molecule has 0 amide bonds. The van der Waals surface area contributed by atoms with Crippen molar-refractivity contribution < 1.29 is 4.74 Å². The molecule has 0 bridgehead atoms. The second kappa shape index (κ2) is 6.25. The van der Waals surface area contributed by atoms with E-state index in [0.29, 0.717) is 13.2 Å². The predicted octanol–water partition coefficient (Wildman–Crippen LogP) is 1.12. The molecule has 4 rings (SSSR count). The van der Waals surface area contributed by atoms with Crippen molar-refractivity contribution in [2.45, 2.75) is 19.8 Å². The molecule has 2 N–H and O–H groups in total. The van der Waals surface area contributed by atoms with E-state index < -0.39 is 0 Å². The molecule has 130 valence electrons. The van der Waals surface area contributed by atoms with Crippen LogP contribution in [-0.4, -0.2) is 55.9 Å². The molecular formula is C16H20N8O. The minimum Gasteiger partial charge on any atom is -0.378 e. The number of nitrogen functional groups attached to an aromatic ring is 1. The molecule has 0 aromatic carbocycles. The van der Waals surface area contributed by atoms with Crippen LogP contribution >= 0.6 is 0 Å². The zero-order valence-corrected chi connectivity index (χ0v) is 14.3. The molecule has 3 aromatic heterocycles. The molecule has 0 radical (unpaired) electrons. The maximum absolute atomic E-state index is 5.59. The Morgan fingerprint density at radius 3 is 2.52 bits per heavy atom. The molecular weight excluding hydrogens is 320 g/mol. The smallest absolute Gasteiger partial charge is 0.219 e. The topological polar surface area (TPSA) is 107 Å². The summed E-state index contributed by atoms with van der Waals surface area (Å²) in [5, 5.41) is 4.61. The van der Waals surface area contributed by atoms with Crippen LogP contribution in [0.15, 0.2) is 18.6 Å².